The number of nitrogens with zero attached hydrogens (tertiary/aromatic N) is 1. The van der Waals surface area contributed by atoms with Gasteiger partial charge in [-0.3, -0.25) is 0 Å². The van der Waals surface area contributed by atoms with Crippen LogP contribution in [0.5, 0.6) is 0 Å². The molecule has 0 radical (unpaired) electrons. The number of thiophene rings is 1. The van der Waals surface area contributed by atoms with Gasteiger partial charge in [-0.25, -0.2) is 4.98 Å². The fourth-order valence-corrected chi connectivity index (χ4v) is 5.70. The summed E-state index contributed by atoms with van der Waals surface area (Å²) in [5.41, 5.74) is 0.669. The van der Waals surface area contributed by atoms with Crippen LogP contribution < -0.4 is 4.98 Å². The molecule has 4 heterocycles. The molecule has 10 heteroatoms. The van der Waals surface area contributed by atoms with Crippen molar-refractivity contribution in [3.8, 4) is 0 Å². The smallest absolute Gasteiger partial charge is 0.285 e. The van der Waals surface area contributed by atoms with E-state index in [2.05, 4.69) is 16.9 Å². The lowest BCUT2D eigenvalue weighted by atomic mass is 10.0. The van der Waals surface area contributed by atoms with Crippen LogP contribution in [0.4, 0.5) is 0 Å². The maximum absolute atomic E-state index is 11.7. The molecular weight excluding hydrogens is 428 g/mol. The second kappa shape index (κ2) is 8.59. The minimum Gasteiger partial charge on any atom is -0.368 e. The molecule has 2 aliphatic rings. The Kier molecular flexibility index (Phi) is 6.40. The molecule has 0 amide bonds. The lowest BCUT2D eigenvalue weighted by molar-refractivity contribution is -0.427. The predicted octanol–water partition coefficient (Wildman–Crippen LogP) is 2.42. The summed E-state index contributed by atoms with van der Waals surface area (Å²) in [6.07, 6.45) is 3.26. The monoisotopic (exact) mass is 457 g/mol. The van der Waals surface area contributed by atoms with Gasteiger partial charge in [0.2, 0.25) is 11.3 Å². The first-order chi connectivity index (χ1) is 14.3. The maximum atomic E-state index is 11.7. The second-order valence-corrected chi connectivity index (χ2v) is 9.76. The normalized spacial score (nSPS) is 31.3. The van der Waals surface area contributed by atoms with E-state index in [1.54, 1.807) is 18.1 Å². The Balaban J connectivity index is 1.63. The van der Waals surface area contributed by atoms with Crippen molar-refractivity contribution in [1.82, 2.24) is 4.98 Å². The van der Waals surface area contributed by atoms with E-state index in [1.165, 1.54) is 11.3 Å². The zero-order valence-electron chi connectivity index (χ0n) is 17.6. The molecule has 2 saturated heterocycles. The summed E-state index contributed by atoms with van der Waals surface area (Å²) in [5, 5.41) is 25.6. The Bertz CT molecular complexity index is 893. The summed E-state index contributed by atoms with van der Waals surface area (Å²) in [5.74, 6) is -2.60. The van der Waals surface area contributed by atoms with Crippen LogP contribution in [0.15, 0.2) is 16.7 Å². The molecule has 0 saturated carbocycles. The van der Waals surface area contributed by atoms with Gasteiger partial charge in [0.05, 0.1) is 12.0 Å². The molecule has 2 aromatic rings. The number of rotatable bonds is 8. The van der Waals surface area contributed by atoms with Crippen LogP contribution in [0.3, 0.4) is 0 Å². The summed E-state index contributed by atoms with van der Waals surface area (Å²) >= 11 is 2.95. The third-order valence-corrected chi connectivity index (χ3v) is 7.22. The number of aromatic nitrogens is 2. The van der Waals surface area contributed by atoms with Gasteiger partial charge < -0.3 is 29.2 Å². The number of aliphatic hydroxyl groups excluding tert-OH is 1. The summed E-state index contributed by atoms with van der Waals surface area (Å²) in [6, 6.07) is 0. The summed E-state index contributed by atoms with van der Waals surface area (Å²) < 4.78 is 23.8. The zero-order chi connectivity index (χ0) is 21.5. The molecule has 0 aromatic carbocycles. The van der Waals surface area contributed by atoms with Crippen molar-refractivity contribution < 1.29 is 34.1 Å². The van der Waals surface area contributed by atoms with Gasteiger partial charge in [-0.2, -0.15) is 0 Å². The van der Waals surface area contributed by atoms with Gasteiger partial charge in [0.25, 0.3) is 6.33 Å². The number of aliphatic hydroxyl groups is 2. The fourth-order valence-electron chi connectivity index (χ4n) is 4.01. The molecule has 2 fully saturated rings. The topological polar surface area (TPSA) is 104 Å². The minimum atomic E-state index is -1.72. The van der Waals surface area contributed by atoms with Crippen LogP contribution in [0, 0.1) is 0 Å². The van der Waals surface area contributed by atoms with E-state index in [0.717, 1.165) is 23.3 Å². The average molecular weight is 458 g/mol. The van der Waals surface area contributed by atoms with Crippen molar-refractivity contribution >= 4 is 34.0 Å². The van der Waals surface area contributed by atoms with Gasteiger partial charge in [0, 0.05) is 5.38 Å². The van der Waals surface area contributed by atoms with Gasteiger partial charge in [0.15, 0.2) is 17.1 Å². The number of aromatic amines is 1. The predicted molar refractivity (Wildman–Crippen MR) is 112 cm³/mol. The van der Waals surface area contributed by atoms with E-state index in [0.29, 0.717) is 16.8 Å². The molecule has 4 rings (SSSR count). The lowest BCUT2D eigenvalue weighted by Crippen LogP contribution is -2.40. The van der Waals surface area contributed by atoms with Gasteiger partial charge in [-0.1, -0.05) is 25.1 Å². The highest BCUT2D eigenvalue weighted by molar-refractivity contribution is 7.98. The molecule has 2 unspecified atom stereocenters. The number of unbranched alkanes of at least 4 members (excludes halogenated alkanes) is 1. The van der Waals surface area contributed by atoms with E-state index in [9.17, 15) is 10.2 Å². The van der Waals surface area contributed by atoms with Gasteiger partial charge in [0.1, 0.15) is 23.2 Å². The van der Waals surface area contributed by atoms with Crippen LogP contribution >= 0.6 is 23.1 Å². The van der Waals surface area contributed by atoms with Crippen molar-refractivity contribution in [3.05, 3.63) is 16.6 Å². The Labute approximate surface area is 183 Å². The second-order valence-electron chi connectivity index (χ2n) is 8.07. The first-order valence-electron chi connectivity index (χ1n) is 10.2. The molecule has 166 valence electrons. The van der Waals surface area contributed by atoms with Crippen molar-refractivity contribution in [1.29, 1.82) is 0 Å². The van der Waals surface area contributed by atoms with Crippen molar-refractivity contribution in [3.63, 3.8) is 0 Å². The van der Waals surface area contributed by atoms with Gasteiger partial charge >= 0.3 is 0 Å². The number of hydrogen-bond donors (Lipinski definition) is 2. The Hall–Kier alpha value is -0.850. The number of nitrogens with one attached hydrogen (secondary N) is 1. The molecule has 30 heavy (non-hydrogen) atoms. The fraction of sp³-hybridized carbons (Fsp3) is 0.700. The number of hydrogen-bond acceptors (Lipinski definition) is 9. The Morgan fingerprint density at radius 3 is 2.90 bits per heavy atom. The molecule has 2 aliphatic heterocycles. The summed E-state index contributed by atoms with van der Waals surface area (Å²) in [7, 11) is 0. The molecule has 2 aromatic heterocycles. The largest absolute Gasteiger partial charge is 0.368 e. The molecule has 8 nitrogen and oxygen atoms in total. The molecule has 3 N–H and O–H groups in total. The highest BCUT2D eigenvalue weighted by Gasteiger charge is 2.64. The number of H-pyrrole nitrogens is 1. The van der Waals surface area contributed by atoms with Crippen LogP contribution in [0.1, 0.15) is 44.9 Å². The standard InChI is InChI=1S/C20H28N2O6S2/c1-5-6-7-13(23)25-8-12-15-16(28-19(2,3)27-15)20(24,26-12)17-14-11(9-30-17)18(29-4)22-10-21-14/h9-10,12-13,15-16,23-24H,5-8H2,1-4H3/p+1/t12-,13?,15-,16-,20?/m1/s1. The highest BCUT2D eigenvalue weighted by atomic mass is 32.2. The number of thioether (sulfide) groups is 1. The quantitative estimate of drug-likeness (QED) is 0.354. The van der Waals surface area contributed by atoms with E-state index in [-0.39, 0.29) is 6.61 Å². The third kappa shape index (κ3) is 4.00. The maximum Gasteiger partial charge on any atom is 0.285 e. The summed E-state index contributed by atoms with van der Waals surface area (Å²) in [4.78, 5) is 8.16. The van der Waals surface area contributed by atoms with Gasteiger partial charge in [-0.15, -0.1) is 11.3 Å². The first-order valence-corrected chi connectivity index (χ1v) is 12.3. The average Bonchev–Trinajstić information content (AvgIpc) is 3.36. The molecule has 0 aliphatic carbocycles. The summed E-state index contributed by atoms with van der Waals surface area (Å²) in [6.45, 7) is 5.77. The zero-order valence-corrected chi connectivity index (χ0v) is 19.2. The van der Waals surface area contributed by atoms with Crippen molar-refractivity contribution in [2.24, 2.45) is 0 Å². The van der Waals surface area contributed by atoms with Crippen molar-refractivity contribution in [2.45, 2.75) is 81.2 Å². The number of ether oxygens (including phenoxy) is 4. The van der Waals surface area contributed by atoms with Crippen LogP contribution in [-0.4, -0.2) is 58.4 Å². The van der Waals surface area contributed by atoms with E-state index in [4.69, 9.17) is 18.9 Å². The SMILES string of the molecule is CCCCC(O)OC[C@H]1OC(O)(c2scc3c(SC)[nH+]cnc23)[C@@H]2OC(C)(C)O[C@@H]21. The highest BCUT2D eigenvalue weighted by Crippen LogP contribution is 2.50. The van der Waals surface area contributed by atoms with E-state index >= 15 is 0 Å². The van der Waals surface area contributed by atoms with E-state index < -0.39 is 36.2 Å². The molecule has 0 bridgehead atoms. The third-order valence-electron chi connectivity index (χ3n) is 5.40. The Morgan fingerprint density at radius 2 is 2.17 bits per heavy atom. The molecule has 0 spiro atoms. The van der Waals surface area contributed by atoms with Crippen molar-refractivity contribution in [2.75, 3.05) is 12.9 Å². The minimum absolute atomic E-state index is 0.0916. The van der Waals surface area contributed by atoms with Crippen LogP contribution in [0.25, 0.3) is 10.9 Å². The van der Waals surface area contributed by atoms with Gasteiger partial charge in [-0.05, 0) is 37.9 Å². The van der Waals surface area contributed by atoms with Crippen LogP contribution in [-0.2, 0) is 24.7 Å². The lowest BCUT2D eigenvalue weighted by Gasteiger charge is -2.29. The first kappa shape index (κ1) is 22.3. The molecule has 5 atom stereocenters. The Morgan fingerprint density at radius 1 is 1.37 bits per heavy atom. The van der Waals surface area contributed by atoms with Crippen LogP contribution in [0.2, 0.25) is 0 Å². The molecular formula is C20H29N2O6S2+. The number of fused-ring (bicyclic) bond motifs is 2. The van der Waals surface area contributed by atoms with E-state index in [1.807, 2.05) is 25.5 Å².